The van der Waals surface area contributed by atoms with Crippen LogP contribution in [0.2, 0.25) is 0 Å². The van der Waals surface area contributed by atoms with Crippen molar-refractivity contribution in [2.45, 2.75) is 9.79 Å². The largest absolute Gasteiger partial charge is 0.242 e. The first-order valence-electron chi connectivity index (χ1n) is 7.12. The molecule has 0 unspecified atom stereocenters. The van der Waals surface area contributed by atoms with Crippen LogP contribution in [0.1, 0.15) is 0 Å². The van der Waals surface area contributed by atoms with Gasteiger partial charge in [0.05, 0.1) is 9.79 Å². The van der Waals surface area contributed by atoms with Gasteiger partial charge in [-0.2, -0.15) is 0 Å². The lowest BCUT2D eigenvalue weighted by atomic mass is 10.1. The molecule has 0 aliphatic carbocycles. The van der Waals surface area contributed by atoms with Crippen LogP contribution >= 0.6 is 0 Å². The number of sulfonamides is 2. The van der Waals surface area contributed by atoms with E-state index in [0.717, 1.165) is 19.7 Å². The van der Waals surface area contributed by atoms with Crippen LogP contribution in [0.4, 0.5) is 0 Å². The average molecular weight is 368 g/mol. The molecule has 0 aromatic heterocycles. The van der Waals surface area contributed by atoms with E-state index >= 15 is 0 Å². The summed E-state index contributed by atoms with van der Waals surface area (Å²) in [5, 5.41) is 0. The van der Waals surface area contributed by atoms with Gasteiger partial charge in [-0.3, -0.25) is 0 Å². The molecule has 0 aliphatic rings. The molecule has 2 aromatic carbocycles. The zero-order chi connectivity index (χ0) is 18.1. The van der Waals surface area contributed by atoms with Gasteiger partial charge in [-0.25, -0.2) is 25.4 Å². The van der Waals surface area contributed by atoms with Gasteiger partial charge in [0.15, 0.2) is 0 Å². The summed E-state index contributed by atoms with van der Waals surface area (Å²) < 4.78 is 50.5. The lowest BCUT2D eigenvalue weighted by Gasteiger charge is -2.13. The van der Waals surface area contributed by atoms with Crippen molar-refractivity contribution < 1.29 is 16.8 Å². The summed E-state index contributed by atoms with van der Waals surface area (Å²) in [6.07, 6.45) is 0. The Bertz CT molecular complexity index is 836. The molecule has 130 valence electrons. The smallest absolute Gasteiger partial charge is 0.207 e. The van der Waals surface area contributed by atoms with Crippen molar-refractivity contribution in [3.63, 3.8) is 0 Å². The fraction of sp³-hybridized carbons (Fsp3) is 0.250. The van der Waals surface area contributed by atoms with Crippen LogP contribution in [-0.4, -0.2) is 53.6 Å². The molecule has 0 amide bonds. The Hall–Kier alpha value is -1.74. The van der Waals surface area contributed by atoms with Crippen LogP contribution in [0.25, 0.3) is 11.1 Å². The van der Waals surface area contributed by atoms with Gasteiger partial charge in [0.25, 0.3) is 0 Å². The number of benzene rings is 2. The van der Waals surface area contributed by atoms with Crippen molar-refractivity contribution in [2.24, 2.45) is 0 Å². The van der Waals surface area contributed by atoms with E-state index in [2.05, 4.69) is 0 Å². The van der Waals surface area contributed by atoms with Crippen LogP contribution in [-0.2, 0) is 20.0 Å². The summed E-state index contributed by atoms with van der Waals surface area (Å²) in [5.41, 5.74) is 1.61. The van der Waals surface area contributed by atoms with E-state index in [1.807, 2.05) is 0 Å². The van der Waals surface area contributed by atoms with Crippen molar-refractivity contribution in [3.05, 3.63) is 48.5 Å². The summed E-state index contributed by atoms with van der Waals surface area (Å²) in [5.74, 6) is 0. The molecule has 8 heteroatoms. The maximum absolute atomic E-state index is 12.1. The van der Waals surface area contributed by atoms with Gasteiger partial charge >= 0.3 is 0 Å². The van der Waals surface area contributed by atoms with Crippen LogP contribution in [0.15, 0.2) is 58.3 Å². The molecule has 0 atom stereocenters. The highest BCUT2D eigenvalue weighted by Crippen LogP contribution is 2.24. The van der Waals surface area contributed by atoms with Gasteiger partial charge in [-0.05, 0) is 35.4 Å². The van der Waals surface area contributed by atoms with Crippen LogP contribution in [0.3, 0.4) is 0 Å². The van der Waals surface area contributed by atoms with Crippen LogP contribution in [0.5, 0.6) is 0 Å². The van der Waals surface area contributed by atoms with Gasteiger partial charge in [0.2, 0.25) is 20.0 Å². The Morgan fingerprint density at radius 2 is 0.792 bits per heavy atom. The second-order valence-electron chi connectivity index (χ2n) is 5.62. The third-order valence-electron chi connectivity index (χ3n) is 3.60. The summed E-state index contributed by atoms with van der Waals surface area (Å²) in [4.78, 5) is 0.422. The quantitative estimate of drug-likeness (QED) is 0.807. The SMILES string of the molecule is CN(C)S(=O)(=O)c1ccc(-c2ccc(S(=O)(=O)N(C)C)cc2)cc1. The second-order valence-corrected chi connectivity index (χ2v) is 9.93. The van der Waals surface area contributed by atoms with Gasteiger partial charge in [-0.1, -0.05) is 24.3 Å². The van der Waals surface area contributed by atoms with Gasteiger partial charge in [-0.15, -0.1) is 0 Å². The summed E-state index contributed by atoms with van der Waals surface area (Å²) >= 11 is 0. The molecule has 0 heterocycles. The second kappa shape index (κ2) is 6.64. The Morgan fingerprint density at radius 3 is 1.00 bits per heavy atom. The highest BCUT2D eigenvalue weighted by atomic mass is 32.2. The van der Waals surface area contributed by atoms with E-state index in [9.17, 15) is 16.8 Å². The Balaban J connectivity index is 2.34. The van der Waals surface area contributed by atoms with Crippen molar-refractivity contribution >= 4 is 20.0 Å². The summed E-state index contributed by atoms with van der Waals surface area (Å²) in [6, 6.07) is 12.9. The summed E-state index contributed by atoms with van der Waals surface area (Å²) in [7, 11) is -1.01. The fourth-order valence-corrected chi connectivity index (χ4v) is 3.86. The molecule has 6 nitrogen and oxygen atoms in total. The predicted molar refractivity (Wildman–Crippen MR) is 93.6 cm³/mol. The first-order valence-corrected chi connectivity index (χ1v) is 10.0. The molecule has 0 saturated carbocycles. The Morgan fingerprint density at radius 1 is 0.542 bits per heavy atom. The van der Waals surface area contributed by atoms with E-state index in [-0.39, 0.29) is 9.79 Å². The van der Waals surface area contributed by atoms with E-state index < -0.39 is 20.0 Å². The number of nitrogens with zero attached hydrogens (tertiary/aromatic N) is 2. The highest BCUT2D eigenvalue weighted by Gasteiger charge is 2.18. The molecule has 0 spiro atoms. The normalized spacial score (nSPS) is 12.8. The monoisotopic (exact) mass is 368 g/mol. The molecule has 0 aliphatic heterocycles. The topological polar surface area (TPSA) is 74.8 Å². The molecule has 2 rings (SSSR count). The van der Waals surface area contributed by atoms with Crippen molar-refractivity contribution in [1.29, 1.82) is 0 Å². The van der Waals surface area contributed by atoms with E-state index in [0.29, 0.717) is 0 Å². The summed E-state index contributed by atoms with van der Waals surface area (Å²) in [6.45, 7) is 0. The van der Waals surface area contributed by atoms with Gasteiger partial charge < -0.3 is 0 Å². The molecule has 0 bridgehead atoms. The van der Waals surface area contributed by atoms with Crippen LogP contribution < -0.4 is 0 Å². The molecular weight excluding hydrogens is 348 g/mol. The van der Waals surface area contributed by atoms with Crippen molar-refractivity contribution in [2.75, 3.05) is 28.2 Å². The number of rotatable bonds is 5. The maximum Gasteiger partial charge on any atom is 0.242 e. The molecule has 0 radical (unpaired) electrons. The van der Waals surface area contributed by atoms with Gasteiger partial charge in [0.1, 0.15) is 0 Å². The number of hydrogen-bond donors (Lipinski definition) is 0. The fourth-order valence-electron chi connectivity index (χ4n) is 2.06. The lowest BCUT2D eigenvalue weighted by molar-refractivity contribution is 0.519. The Labute approximate surface area is 143 Å². The highest BCUT2D eigenvalue weighted by molar-refractivity contribution is 7.89. The van der Waals surface area contributed by atoms with E-state index in [1.165, 1.54) is 52.5 Å². The van der Waals surface area contributed by atoms with Crippen molar-refractivity contribution in [1.82, 2.24) is 8.61 Å². The molecule has 24 heavy (non-hydrogen) atoms. The minimum Gasteiger partial charge on any atom is -0.207 e. The molecule has 0 N–H and O–H groups in total. The van der Waals surface area contributed by atoms with Gasteiger partial charge in [0, 0.05) is 28.2 Å². The first kappa shape index (κ1) is 18.6. The standard InChI is InChI=1S/C16H20N2O4S2/c1-17(2)23(19,20)15-9-5-13(6-10-15)14-7-11-16(12-8-14)24(21,22)18(3)4/h5-12H,1-4H3. The van der Waals surface area contributed by atoms with Crippen LogP contribution in [0, 0.1) is 0 Å². The van der Waals surface area contributed by atoms with E-state index in [1.54, 1.807) is 24.3 Å². The lowest BCUT2D eigenvalue weighted by Crippen LogP contribution is -2.22. The Kier molecular flexibility index (Phi) is 5.14. The van der Waals surface area contributed by atoms with E-state index in [4.69, 9.17) is 0 Å². The first-order chi connectivity index (χ1) is 11.1. The van der Waals surface area contributed by atoms with Crippen molar-refractivity contribution in [3.8, 4) is 11.1 Å². The third-order valence-corrected chi connectivity index (χ3v) is 7.26. The molecule has 0 fully saturated rings. The zero-order valence-electron chi connectivity index (χ0n) is 14.0. The molecule has 0 saturated heterocycles. The maximum atomic E-state index is 12.1. The predicted octanol–water partition coefficient (Wildman–Crippen LogP) is 1.85. The molecule has 2 aromatic rings. The minimum atomic E-state index is -3.46. The zero-order valence-corrected chi connectivity index (χ0v) is 15.6. The third kappa shape index (κ3) is 3.51. The number of hydrogen-bond acceptors (Lipinski definition) is 4. The minimum absolute atomic E-state index is 0.211. The molecular formula is C16H20N2O4S2. The average Bonchev–Trinajstić information content (AvgIpc) is 2.54.